The zero-order valence-electron chi connectivity index (χ0n) is 11.6. The van der Waals surface area contributed by atoms with E-state index in [2.05, 4.69) is 9.97 Å². The van der Waals surface area contributed by atoms with Crippen LogP contribution < -0.4 is 4.90 Å². The van der Waals surface area contributed by atoms with Crippen LogP contribution in [0.2, 0.25) is 5.15 Å². The highest BCUT2D eigenvalue weighted by atomic mass is 35.5. The van der Waals surface area contributed by atoms with Crippen LogP contribution in [-0.2, 0) is 0 Å². The maximum Gasteiger partial charge on any atom is 0.405 e. The molecule has 1 aliphatic carbocycles. The third kappa shape index (κ3) is 3.53. The summed E-state index contributed by atoms with van der Waals surface area (Å²) >= 11 is 6.04. The van der Waals surface area contributed by atoms with E-state index in [1.165, 1.54) is 4.90 Å². The molecule has 1 fully saturated rings. The van der Waals surface area contributed by atoms with Gasteiger partial charge in [0.15, 0.2) is 0 Å². The first-order valence-electron chi connectivity index (χ1n) is 6.56. The highest BCUT2D eigenvalue weighted by Gasteiger charge is 2.39. The van der Waals surface area contributed by atoms with Crippen LogP contribution >= 0.6 is 11.6 Å². The molecule has 1 saturated carbocycles. The van der Waals surface area contributed by atoms with Crippen LogP contribution in [0.15, 0.2) is 0 Å². The number of hydrogen-bond donors (Lipinski definition) is 0. The number of rotatable bonds is 4. The molecule has 1 aliphatic rings. The Hall–Kier alpha value is -1.04. The zero-order chi connectivity index (χ0) is 15.1. The van der Waals surface area contributed by atoms with Gasteiger partial charge in [-0.05, 0) is 19.8 Å². The zero-order valence-corrected chi connectivity index (χ0v) is 12.4. The van der Waals surface area contributed by atoms with Gasteiger partial charge in [-0.3, -0.25) is 0 Å². The SMILES string of the molecule is Cc1c(Cl)nc(C(C)C)nc1N(CC(F)(F)F)C1CC1. The maximum atomic E-state index is 12.8. The van der Waals surface area contributed by atoms with Gasteiger partial charge < -0.3 is 4.90 Å². The van der Waals surface area contributed by atoms with E-state index in [4.69, 9.17) is 11.6 Å². The van der Waals surface area contributed by atoms with Crippen molar-refractivity contribution in [1.82, 2.24) is 9.97 Å². The number of alkyl halides is 3. The second-order valence-corrected chi connectivity index (χ2v) is 5.81. The molecule has 0 unspecified atom stereocenters. The van der Waals surface area contributed by atoms with Crippen LogP contribution in [0.4, 0.5) is 19.0 Å². The van der Waals surface area contributed by atoms with Crippen molar-refractivity contribution in [2.24, 2.45) is 0 Å². The largest absolute Gasteiger partial charge is 0.405 e. The fraction of sp³-hybridized carbons (Fsp3) is 0.692. The van der Waals surface area contributed by atoms with Crippen molar-refractivity contribution in [2.45, 2.75) is 51.7 Å². The molecule has 0 atom stereocenters. The van der Waals surface area contributed by atoms with Crippen LogP contribution in [0.1, 0.15) is 44.0 Å². The van der Waals surface area contributed by atoms with E-state index in [1.807, 2.05) is 13.8 Å². The molecule has 3 nitrogen and oxygen atoms in total. The van der Waals surface area contributed by atoms with Crippen LogP contribution in [-0.4, -0.2) is 28.7 Å². The van der Waals surface area contributed by atoms with Crippen LogP contribution in [0.3, 0.4) is 0 Å². The molecule has 0 spiro atoms. The highest BCUT2D eigenvalue weighted by molar-refractivity contribution is 6.30. The summed E-state index contributed by atoms with van der Waals surface area (Å²) in [5.41, 5.74) is 0.507. The van der Waals surface area contributed by atoms with Gasteiger partial charge in [0, 0.05) is 17.5 Å². The Morgan fingerprint density at radius 2 is 1.90 bits per heavy atom. The molecule has 20 heavy (non-hydrogen) atoms. The van der Waals surface area contributed by atoms with Gasteiger partial charge in [-0.2, -0.15) is 13.2 Å². The molecule has 0 amide bonds. The Morgan fingerprint density at radius 3 is 2.35 bits per heavy atom. The molecule has 0 N–H and O–H groups in total. The van der Waals surface area contributed by atoms with E-state index < -0.39 is 12.7 Å². The molecular formula is C13H17ClF3N3. The van der Waals surface area contributed by atoms with Crippen molar-refractivity contribution in [1.29, 1.82) is 0 Å². The molecule has 1 aromatic heterocycles. The van der Waals surface area contributed by atoms with Gasteiger partial charge >= 0.3 is 6.18 Å². The molecular weight excluding hydrogens is 291 g/mol. The predicted molar refractivity (Wildman–Crippen MR) is 72.3 cm³/mol. The minimum atomic E-state index is -4.26. The summed E-state index contributed by atoms with van der Waals surface area (Å²) in [6.45, 7) is 4.43. The molecule has 1 heterocycles. The average Bonchev–Trinajstić information content (AvgIpc) is 3.12. The molecule has 0 aromatic carbocycles. The summed E-state index contributed by atoms with van der Waals surface area (Å²) < 4.78 is 38.3. The monoisotopic (exact) mass is 307 g/mol. The standard InChI is InChI=1S/C13H17ClF3N3/c1-7(2)11-18-10(14)8(3)12(19-11)20(9-4-5-9)6-13(15,16)17/h7,9H,4-6H2,1-3H3. The Kier molecular flexibility index (Phi) is 4.14. The Labute approximate surface area is 121 Å². The first-order valence-corrected chi connectivity index (χ1v) is 6.94. The maximum absolute atomic E-state index is 12.8. The first kappa shape index (κ1) is 15.4. The van der Waals surface area contributed by atoms with Gasteiger partial charge in [0.1, 0.15) is 23.3 Å². The Morgan fingerprint density at radius 1 is 1.30 bits per heavy atom. The van der Waals surface area contributed by atoms with E-state index in [1.54, 1.807) is 6.92 Å². The first-order chi connectivity index (χ1) is 9.19. The second-order valence-electron chi connectivity index (χ2n) is 5.45. The van der Waals surface area contributed by atoms with Crippen molar-refractivity contribution in [3.63, 3.8) is 0 Å². The average molecular weight is 308 g/mol. The minimum Gasteiger partial charge on any atom is -0.344 e. The van der Waals surface area contributed by atoms with Gasteiger partial charge in [0.05, 0.1) is 0 Å². The molecule has 7 heteroatoms. The second kappa shape index (κ2) is 5.39. The van der Waals surface area contributed by atoms with E-state index in [9.17, 15) is 13.2 Å². The molecule has 112 valence electrons. The van der Waals surface area contributed by atoms with Gasteiger partial charge in [-0.1, -0.05) is 25.4 Å². The van der Waals surface area contributed by atoms with E-state index in [-0.39, 0.29) is 17.1 Å². The number of nitrogens with zero attached hydrogens (tertiary/aromatic N) is 3. The Balaban J connectivity index is 2.42. The highest BCUT2D eigenvalue weighted by Crippen LogP contribution is 2.36. The molecule has 0 bridgehead atoms. The van der Waals surface area contributed by atoms with Gasteiger partial charge in [0.25, 0.3) is 0 Å². The predicted octanol–water partition coefficient (Wildman–Crippen LogP) is 4.09. The lowest BCUT2D eigenvalue weighted by molar-refractivity contribution is -0.120. The Bertz CT molecular complexity index is 498. The van der Waals surface area contributed by atoms with Crippen LogP contribution in [0, 0.1) is 6.92 Å². The number of hydrogen-bond acceptors (Lipinski definition) is 3. The third-order valence-corrected chi connectivity index (χ3v) is 3.57. The molecule has 0 radical (unpaired) electrons. The van der Waals surface area contributed by atoms with Gasteiger partial charge in [-0.25, -0.2) is 9.97 Å². The topological polar surface area (TPSA) is 29.0 Å². The molecule has 0 saturated heterocycles. The number of anilines is 1. The lowest BCUT2D eigenvalue weighted by Crippen LogP contribution is -2.37. The lowest BCUT2D eigenvalue weighted by atomic mass is 10.2. The lowest BCUT2D eigenvalue weighted by Gasteiger charge is -2.27. The molecule has 0 aliphatic heterocycles. The van der Waals surface area contributed by atoms with E-state index in [0.29, 0.717) is 17.2 Å². The third-order valence-electron chi connectivity index (χ3n) is 3.20. The smallest absolute Gasteiger partial charge is 0.344 e. The summed E-state index contributed by atoms with van der Waals surface area (Å²) in [4.78, 5) is 9.76. The van der Waals surface area contributed by atoms with Crippen LogP contribution in [0.25, 0.3) is 0 Å². The van der Waals surface area contributed by atoms with Gasteiger partial charge in [-0.15, -0.1) is 0 Å². The molecule has 1 aromatic rings. The summed E-state index contributed by atoms with van der Waals surface area (Å²) in [6, 6.07) is -0.0960. The van der Waals surface area contributed by atoms with Crippen LogP contribution in [0.5, 0.6) is 0 Å². The minimum absolute atomic E-state index is 0.0128. The van der Waals surface area contributed by atoms with Crippen molar-refractivity contribution in [2.75, 3.05) is 11.4 Å². The van der Waals surface area contributed by atoms with Crippen molar-refractivity contribution >= 4 is 17.4 Å². The van der Waals surface area contributed by atoms with Crippen molar-refractivity contribution in [3.05, 3.63) is 16.5 Å². The molecule has 2 rings (SSSR count). The fourth-order valence-corrected chi connectivity index (χ4v) is 2.16. The summed E-state index contributed by atoms with van der Waals surface area (Å²) in [5.74, 6) is 0.802. The summed E-state index contributed by atoms with van der Waals surface area (Å²) in [7, 11) is 0. The summed E-state index contributed by atoms with van der Waals surface area (Å²) in [5, 5.41) is 0.228. The van der Waals surface area contributed by atoms with Gasteiger partial charge in [0.2, 0.25) is 0 Å². The summed E-state index contributed by atoms with van der Waals surface area (Å²) in [6.07, 6.45) is -2.74. The fourth-order valence-electron chi connectivity index (χ4n) is 1.99. The van der Waals surface area contributed by atoms with E-state index >= 15 is 0 Å². The van der Waals surface area contributed by atoms with E-state index in [0.717, 1.165) is 12.8 Å². The quantitative estimate of drug-likeness (QED) is 0.784. The normalized spacial score (nSPS) is 15.8. The number of aromatic nitrogens is 2. The van der Waals surface area contributed by atoms with Crippen molar-refractivity contribution in [3.8, 4) is 0 Å². The van der Waals surface area contributed by atoms with Crippen molar-refractivity contribution < 1.29 is 13.2 Å². The number of halogens is 4.